The van der Waals surface area contributed by atoms with E-state index in [9.17, 15) is 0 Å². The molecular formula is C15H15Cl2N5. The van der Waals surface area contributed by atoms with Crippen LogP contribution in [0.5, 0.6) is 0 Å². The predicted octanol–water partition coefficient (Wildman–Crippen LogP) is 3.21. The van der Waals surface area contributed by atoms with Crippen LogP contribution in [0.25, 0.3) is 22.6 Å². The Labute approximate surface area is 140 Å². The van der Waals surface area contributed by atoms with Crippen molar-refractivity contribution in [3.8, 4) is 22.6 Å². The highest BCUT2D eigenvalue weighted by Gasteiger charge is 2.08. The molecule has 0 fully saturated rings. The Morgan fingerprint density at radius 3 is 2.27 bits per heavy atom. The topological polar surface area (TPSA) is 90.7 Å². The molecule has 1 aromatic carbocycles. The van der Waals surface area contributed by atoms with Gasteiger partial charge in [-0.25, -0.2) is 9.97 Å². The van der Waals surface area contributed by atoms with Crippen molar-refractivity contribution in [2.75, 3.05) is 11.5 Å². The monoisotopic (exact) mass is 335 g/mol. The maximum absolute atomic E-state index is 5.96. The quantitative estimate of drug-likeness (QED) is 0.701. The van der Waals surface area contributed by atoms with Crippen LogP contribution in [0.2, 0.25) is 0 Å². The van der Waals surface area contributed by atoms with Gasteiger partial charge in [-0.05, 0) is 36.4 Å². The van der Waals surface area contributed by atoms with Gasteiger partial charge in [0.25, 0.3) is 0 Å². The van der Waals surface area contributed by atoms with Crippen LogP contribution in [-0.2, 0) is 0 Å². The van der Waals surface area contributed by atoms with E-state index in [1.807, 2.05) is 18.2 Å². The SMILES string of the molecule is Cl.Cl.Nc1ccc(N)c(-c2nccc(-c3ccncc3)n2)c1. The molecule has 0 aliphatic carbocycles. The largest absolute Gasteiger partial charge is 0.399 e. The minimum atomic E-state index is 0. The van der Waals surface area contributed by atoms with Gasteiger partial charge in [0.2, 0.25) is 0 Å². The van der Waals surface area contributed by atoms with Crippen LogP contribution in [0.1, 0.15) is 0 Å². The summed E-state index contributed by atoms with van der Waals surface area (Å²) in [5.41, 5.74) is 15.5. The third kappa shape index (κ3) is 3.63. The molecule has 0 spiro atoms. The summed E-state index contributed by atoms with van der Waals surface area (Å²) in [5, 5.41) is 0. The highest BCUT2D eigenvalue weighted by Crippen LogP contribution is 2.26. The van der Waals surface area contributed by atoms with Crippen LogP contribution in [0.15, 0.2) is 55.0 Å². The van der Waals surface area contributed by atoms with Gasteiger partial charge in [-0.1, -0.05) is 0 Å². The number of pyridine rings is 1. The van der Waals surface area contributed by atoms with Crippen LogP contribution < -0.4 is 11.5 Å². The lowest BCUT2D eigenvalue weighted by Crippen LogP contribution is -1.97. The van der Waals surface area contributed by atoms with E-state index in [1.165, 1.54) is 0 Å². The standard InChI is InChI=1S/C15H13N5.2ClH/c16-11-1-2-13(17)12(9-11)15-19-8-5-14(20-15)10-3-6-18-7-4-10;;/h1-9H,16-17H2;2*1H. The Balaban J connectivity index is 0.00000121. The van der Waals surface area contributed by atoms with Gasteiger partial charge in [-0.2, -0.15) is 0 Å². The van der Waals surface area contributed by atoms with Crippen LogP contribution in [0.4, 0.5) is 11.4 Å². The number of halogens is 2. The highest BCUT2D eigenvalue weighted by atomic mass is 35.5. The van der Waals surface area contributed by atoms with E-state index in [2.05, 4.69) is 15.0 Å². The number of rotatable bonds is 2. The van der Waals surface area contributed by atoms with Crippen molar-refractivity contribution in [2.45, 2.75) is 0 Å². The second kappa shape index (κ2) is 7.59. The average molecular weight is 336 g/mol. The molecule has 0 radical (unpaired) electrons. The Bertz CT molecular complexity index is 750. The van der Waals surface area contributed by atoms with E-state index in [0.29, 0.717) is 17.2 Å². The van der Waals surface area contributed by atoms with Crippen molar-refractivity contribution < 1.29 is 0 Å². The highest BCUT2D eigenvalue weighted by molar-refractivity contribution is 5.85. The first kappa shape index (κ1) is 17.7. The number of nitrogen functional groups attached to an aromatic ring is 2. The van der Waals surface area contributed by atoms with E-state index in [0.717, 1.165) is 16.8 Å². The molecule has 0 unspecified atom stereocenters. The predicted molar refractivity (Wildman–Crippen MR) is 94.0 cm³/mol. The van der Waals surface area contributed by atoms with E-state index in [1.54, 1.807) is 36.8 Å². The molecular weight excluding hydrogens is 321 g/mol. The van der Waals surface area contributed by atoms with Gasteiger partial charge in [0.1, 0.15) is 0 Å². The number of benzene rings is 1. The molecule has 0 saturated carbocycles. The Morgan fingerprint density at radius 2 is 1.55 bits per heavy atom. The Hall–Kier alpha value is -2.37. The third-order valence-corrected chi connectivity index (χ3v) is 2.95. The smallest absolute Gasteiger partial charge is 0.161 e. The molecule has 4 N–H and O–H groups in total. The number of anilines is 2. The molecule has 3 rings (SSSR count). The molecule has 0 atom stereocenters. The van der Waals surface area contributed by atoms with Crippen molar-refractivity contribution in [1.29, 1.82) is 0 Å². The van der Waals surface area contributed by atoms with Crippen molar-refractivity contribution in [2.24, 2.45) is 0 Å². The van der Waals surface area contributed by atoms with Crippen molar-refractivity contribution in [3.63, 3.8) is 0 Å². The first-order valence-electron chi connectivity index (χ1n) is 6.13. The molecule has 0 saturated heterocycles. The summed E-state index contributed by atoms with van der Waals surface area (Å²) in [6.45, 7) is 0. The van der Waals surface area contributed by atoms with E-state index in [4.69, 9.17) is 11.5 Å². The van der Waals surface area contributed by atoms with Crippen LogP contribution >= 0.6 is 24.8 Å². The zero-order chi connectivity index (χ0) is 13.9. The van der Waals surface area contributed by atoms with Crippen molar-refractivity contribution in [1.82, 2.24) is 15.0 Å². The number of nitrogens with two attached hydrogens (primary N) is 2. The molecule has 22 heavy (non-hydrogen) atoms. The fourth-order valence-electron chi connectivity index (χ4n) is 1.94. The molecule has 0 amide bonds. The molecule has 2 aromatic heterocycles. The third-order valence-electron chi connectivity index (χ3n) is 2.95. The lowest BCUT2D eigenvalue weighted by molar-refractivity contribution is 1.18. The Morgan fingerprint density at radius 1 is 0.818 bits per heavy atom. The van der Waals surface area contributed by atoms with Gasteiger partial charge in [-0.15, -0.1) is 24.8 Å². The normalized spacial score (nSPS) is 9.45. The van der Waals surface area contributed by atoms with Crippen LogP contribution in [0.3, 0.4) is 0 Å². The lowest BCUT2D eigenvalue weighted by Gasteiger charge is -2.07. The lowest BCUT2D eigenvalue weighted by atomic mass is 10.1. The number of aromatic nitrogens is 3. The van der Waals surface area contributed by atoms with Gasteiger partial charge < -0.3 is 11.5 Å². The summed E-state index contributed by atoms with van der Waals surface area (Å²) in [6, 6.07) is 10.9. The first-order chi connectivity index (χ1) is 9.74. The fraction of sp³-hybridized carbons (Fsp3) is 0. The summed E-state index contributed by atoms with van der Waals surface area (Å²) in [6.07, 6.45) is 5.17. The first-order valence-corrected chi connectivity index (χ1v) is 6.13. The molecule has 7 heteroatoms. The number of nitrogens with zero attached hydrogens (tertiary/aromatic N) is 3. The zero-order valence-electron chi connectivity index (χ0n) is 11.5. The van der Waals surface area contributed by atoms with Crippen LogP contribution in [-0.4, -0.2) is 15.0 Å². The summed E-state index contributed by atoms with van der Waals surface area (Å²) < 4.78 is 0. The van der Waals surface area contributed by atoms with Crippen molar-refractivity contribution >= 4 is 36.2 Å². The second-order valence-electron chi connectivity index (χ2n) is 4.35. The van der Waals surface area contributed by atoms with Gasteiger partial charge in [0.15, 0.2) is 5.82 Å². The summed E-state index contributed by atoms with van der Waals surface area (Å²) >= 11 is 0. The van der Waals surface area contributed by atoms with E-state index >= 15 is 0 Å². The van der Waals surface area contributed by atoms with Gasteiger partial charge in [0.05, 0.1) is 5.69 Å². The molecule has 2 heterocycles. The zero-order valence-corrected chi connectivity index (χ0v) is 13.1. The second-order valence-corrected chi connectivity index (χ2v) is 4.35. The number of hydrogen-bond donors (Lipinski definition) is 2. The molecule has 3 aromatic rings. The summed E-state index contributed by atoms with van der Waals surface area (Å²) in [5.74, 6) is 0.559. The minimum absolute atomic E-state index is 0. The molecule has 114 valence electrons. The fourth-order valence-corrected chi connectivity index (χ4v) is 1.94. The summed E-state index contributed by atoms with van der Waals surface area (Å²) in [4.78, 5) is 12.8. The molecule has 5 nitrogen and oxygen atoms in total. The van der Waals surface area contributed by atoms with Gasteiger partial charge in [0, 0.05) is 41.1 Å². The minimum Gasteiger partial charge on any atom is -0.399 e. The maximum Gasteiger partial charge on any atom is 0.161 e. The van der Waals surface area contributed by atoms with Crippen molar-refractivity contribution in [3.05, 3.63) is 55.0 Å². The molecule has 0 aliphatic heterocycles. The van der Waals surface area contributed by atoms with Gasteiger partial charge in [-0.3, -0.25) is 4.98 Å². The van der Waals surface area contributed by atoms with E-state index in [-0.39, 0.29) is 24.8 Å². The molecule has 0 bridgehead atoms. The average Bonchev–Trinajstić information content (AvgIpc) is 2.51. The van der Waals surface area contributed by atoms with Crippen LogP contribution in [0, 0.1) is 0 Å². The number of hydrogen-bond acceptors (Lipinski definition) is 5. The van der Waals surface area contributed by atoms with E-state index < -0.39 is 0 Å². The Kier molecular flexibility index (Phi) is 6.10. The summed E-state index contributed by atoms with van der Waals surface area (Å²) in [7, 11) is 0. The molecule has 0 aliphatic rings. The van der Waals surface area contributed by atoms with Gasteiger partial charge >= 0.3 is 0 Å². The maximum atomic E-state index is 5.96.